The van der Waals surface area contributed by atoms with Gasteiger partial charge < -0.3 is 10.4 Å². The van der Waals surface area contributed by atoms with Crippen molar-refractivity contribution >= 4 is 29.3 Å². The summed E-state index contributed by atoms with van der Waals surface area (Å²) in [6.45, 7) is 0.208. The average Bonchev–Trinajstić information content (AvgIpc) is 2.90. The Morgan fingerprint density at radius 1 is 1.56 bits per heavy atom. The lowest BCUT2D eigenvalue weighted by molar-refractivity contribution is -0.121. The van der Waals surface area contributed by atoms with E-state index in [2.05, 4.69) is 5.32 Å². The molecule has 98 valence electrons. The van der Waals surface area contributed by atoms with Gasteiger partial charge in [0.05, 0.1) is 11.4 Å². The molecule has 1 fully saturated rings. The molecule has 3 nitrogen and oxygen atoms in total. The molecule has 1 heterocycles. The van der Waals surface area contributed by atoms with E-state index in [4.69, 9.17) is 11.6 Å². The van der Waals surface area contributed by atoms with Crippen LogP contribution < -0.4 is 5.32 Å². The number of aliphatic hydroxyl groups excluding tert-OH is 1. The molecule has 2 unspecified atom stereocenters. The van der Waals surface area contributed by atoms with Crippen LogP contribution in [0.3, 0.4) is 0 Å². The number of rotatable bonds is 4. The average molecular weight is 286 g/mol. The summed E-state index contributed by atoms with van der Waals surface area (Å²) in [5.74, 6) is 1.06. The summed E-state index contributed by atoms with van der Waals surface area (Å²) in [5.41, 5.74) is 0.651. The summed E-state index contributed by atoms with van der Waals surface area (Å²) in [5, 5.41) is 13.3. The standard InChI is InChI=1S/C13H16ClNO2S/c14-10-5-2-1-4-9(10)11(16)8-15-13(17)12-6-3-7-18-12/h1-2,4-5,11-12,16H,3,6-8H2,(H,15,17). The van der Waals surface area contributed by atoms with Crippen LogP contribution in [-0.4, -0.2) is 28.6 Å². The molecule has 1 saturated heterocycles. The number of carbonyl (C=O) groups is 1. The van der Waals surface area contributed by atoms with E-state index in [9.17, 15) is 9.90 Å². The number of carbonyl (C=O) groups excluding carboxylic acids is 1. The highest BCUT2D eigenvalue weighted by Gasteiger charge is 2.23. The molecule has 2 rings (SSSR count). The van der Waals surface area contributed by atoms with Crippen molar-refractivity contribution in [2.45, 2.75) is 24.2 Å². The number of thioether (sulfide) groups is 1. The number of aliphatic hydroxyl groups is 1. The van der Waals surface area contributed by atoms with E-state index in [0.717, 1.165) is 18.6 Å². The highest BCUT2D eigenvalue weighted by Crippen LogP contribution is 2.26. The van der Waals surface area contributed by atoms with E-state index in [0.29, 0.717) is 10.6 Å². The molecule has 1 aliphatic heterocycles. The molecule has 2 atom stereocenters. The minimum atomic E-state index is -0.756. The second-order valence-electron chi connectivity index (χ2n) is 4.28. The van der Waals surface area contributed by atoms with Crippen LogP contribution in [0.25, 0.3) is 0 Å². The molecule has 1 aromatic carbocycles. The highest BCUT2D eigenvalue weighted by atomic mass is 35.5. The lowest BCUT2D eigenvalue weighted by Gasteiger charge is -2.15. The van der Waals surface area contributed by atoms with Gasteiger partial charge in [0.1, 0.15) is 0 Å². The Hall–Kier alpha value is -0.710. The monoisotopic (exact) mass is 285 g/mol. The van der Waals surface area contributed by atoms with Gasteiger partial charge in [0.15, 0.2) is 0 Å². The van der Waals surface area contributed by atoms with Crippen molar-refractivity contribution in [3.05, 3.63) is 34.9 Å². The molecule has 18 heavy (non-hydrogen) atoms. The van der Waals surface area contributed by atoms with Crippen molar-refractivity contribution in [2.24, 2.45) is 0 Å². The van der Waals surface area contributed by atoms with Crippen molar-refractivity contribution in [3.63, 3.8) is 0 Å². The Kier molecular flexibility index (Phi) is 4.92. The zero-order chi connectivity index (χ0) is 13.0. The third-order valence-corrected chi connectivity index (χ3v) is 4.68. The molecule has 1 aromatic rings. The van der Waals surface area contributed by atoms with E-state index < -0.39 is 6.10 Å². The summed E-state index contributed by atoms with van der Waals surface area (Å²) >= 11 is 7.67. The summed E-state index contributed by atoms with van der Waals surface area (Å²) in [7, 11) is 0. The lowest BCUT2D eigenvalue weighted by atomic mass is 10.1. The van der Waals surface area contributed by atoms with Gasteiger partial charge in [-0.2, -0.15) is 0 Å². The molecule has 0 radical (unpaired) electrons. The SMILES string of the molecule is O=C(NCC(O)c1ccccc1Cl)C1CCCS1. The zero-order valence-corrected chi connectivity index (χ0v) is 11.5. The first-order valence-electron chi connectivity index (χ1n) is 6.00. The highest BCUT2D eigenvalue weighted by molar-refractivity contribution is 8.00. The van der Waals surface area contributed by atoms with Crippen LogP contribution in [0, 0.1) is 0 Å². The van der Waals surface area contributed by atoms with Crippen LogP contribution in [0.1, 0.15) is 24.5 Å². The van der Waals surface area contributed by atoms with Gasteiger partial charge in [-0.3, -0.25) is 4.79 Å². The van der Waals surface area contributed by atoms with Gasteiger partial charge in [-0.25, -0.2) is 0 Å². The number of benzene rings is 1. The van der Waals surface area contributed by atoms with E-state index in [1.807, 2.05) is 12.1 Å². The maximum Gasteiger partial charge on any atom is 0.233 e. The fourth-order valence-electron chi connectivity index (χ4n) is 1.95. The predicted molar refractivity (Wildman–Crippen MR) is 74.9 cm³/mol. The Morgan fingerprint density at radius 2 is 2.33 bits per heavy atom. The molecule has 0 aliphatic carbocycles. The van der Waals surface area contributed by atoms with Gasteiger partial charge in [0.25, 0.3) is 0 Å². The van der Waals surface area contributed by atoms with Crippen molar-refractivity contribution in [2.75, 3.05) is 12.3 Å². The number of halogens is 1. The number of hydrogen-bond donors (Lipinski definition) is 2. The molecule has 1 aliphatic rings. The van der Waals surface area contributed by atoms with Crippen LogP contribution in [0.2, 0.25) is 5.02 Å². The Labute approximate surface area is 116 Å². The number of amides is 1. The third-order valence-electron chi connectivity index (χ3n) is 2.96. The molecular weight excluding hydrogens is 270 g/mol. The van der Waals surface area contributed by atoms with Gasteiger partial charge >= 0.3 is 0 Å². The fraction of sp³-hybridized carbons (Fsp3) is 0.462. The lowest BCUT2D eigenvalue weighted by Crippen LogP contribution is -2.34. The van der Waals surface area contributed by atoms with Crippen LogP contribution in [0.5, 0.6) is 0 Å². The predicted octanol–water partition coefficient (Wildman–Crippen LogP) is 2.39. The van der Waals surface area contributed by atoms with Gasteiger partial charge in [-0.15, -0.1) is 11.8 Å². The maximum absolute atomic E-state index is 11.8. The van der Waals surface area contributed by atoms with Crippen molar-refractivity contribution < 1.29 is 9.90 Å². The van der Waals surface area contributed by atoms with Crippen LogP contribution in [0.4, 0.5) is 0 Å². The van der Waals surface area contributed by atoms with E-state index >= 15 is 0 Å². The number of nitrogens with one attached hydrogen (secondary N) is 1. The Morgan fingerprint density at radius 3 is 3.00 bits per heavy atom. The van der Waals surface area contributed by atoms with Crippen LogP contribution in [-0.2, 0) is 4.79 Å². The molecule has 2 N–H and O–H groups in total. The summed E-state index contributed by atoms with van der Waals surface area (Å²) < 4.78 is 0. The smallest absolute Gasteiger partial charge is 0.233 e. The van der Waals surface area contributed by atoms with Crippen molar-refractivity contribution in [3.8, 4) is 0 Å². The maximum atomic E-state index is 11.8. The van der Waals surface area contributed by atoms with Crippen LogP contribution in [0.15, 0.2) is 24.3 Å². The minimum absolute atomic E-state index is 0.0172. The van der Waals surface area contributed by atoms with Crippen molar-refractivity contribution in [1.82, 2.24) is 5.32 Å². The minimum Gasteiger partial charge on any atom is -0.387 e. The van der Waals surface area contributed by atoms with Gasteiger partial charge in [0.2, 0.25) is 5.91 Å². The number of hydrogen-bond acceptors (Lipinski definition) is 3. The third kappa shape index (κ3) is 3.40. The molecular formula is C13H16ClNO2S. The Bertz CT molecular complexity index is 421. The molecule has 1 amide bonds. The first-order valence-corrected chi connectivity index (χ1v) is 7.43. The van der Waals surface area contributed by atoms with Gasteiger partial charge in [-0.1, -0.05) is 29.8 Å². The second kappa shape index (κ2) is 6.45. The second-order valence-corrected chi connectivity index (χ2v) is 6.00. The topological polar surface area (TPSA) is 49.3 Å². The molecule has 0 aromatic heterocycles. The van der Waals surface area contributed by atoms with E-state index in [-0.39, 0.29) is 17.7 Å². The first-order chi connectivity index (χ1) is 8.68. The summed E-state index contributed by atoms with van der Waals surface area (Å²) in [6.07, 6.45) is 1.27. The van der Waals surface area contributed by atoms with Gasteiger partial charge in [0, 0.05) is 17.1 Å². The normalized spacial score (nSPS) is 20.7. The van der Waals surface area contributed by atoms with Crippen molar-refractivity contribution in [1.29, 1.82) is 0 Å². The Balaban J connectivity index is 1.86. The quantitative estimate of drug-likeness (QED) is 0.893. The molecule has 0 bridgehead atoms. The summed E-state index contributed by atoms with van der Waals surface area (Å²) in [6, 6.07) is 7.13. The molecule has 5 heteroatoms. The zero-order valence-electron chi connectivity index (χ0n) is 9.93. The van der Waals surface area contributed by atoms with E-state index in [1.165, 1.54) is 0 Å². The summed E-state index contributed by atoms with van der Waals surface area (Å²) in [4.78, 5) is 11.8. The van der Waals surface area contributed by atoms with Crippen LogP contribution >= 0.6 is 23.4 Å². The first kappa shape index (κ1) is 13.7. The van der Waals surface area contributed by atoms with E-state index in [1.54, 1.807) is 23.9 Å². The molecule has 0 spiro atoms. The fourth-order valence-corrected chi connectivity index (χ4v) is 3.40. The molecule has 0 saturated carbocycles. The largest absolute Gasteiger partial charge is 0.387 e. The van der Waals surface area contributed by atoms with Gasteiger partial charge in [-0.05, 0) is 24.7 Å².